The van der Waals surface area contributed by atoms with E-state index in [1.165, 1.54) is 12.1 Å². The molecule has 1 aliphatic carbocycles. The molecule has 1 aromatic carbocycles. The number of halogens is 1. The smallest absolute Gasteiger partial charge is 0.220 e. The molecule has 4 nitrogen and oxygen atoms in total. The van der Waals surface area contributed by atoms with Crippen molar-refractivity contribution in [3.63, 3.8) is 0 Å². The molecule has 126 valence electrons. The summed E-state index contributed by atoms with van der Waals surface area (Å²) in [4.78, 5) is 12.4. The number of hydrogen-bond acceptors (Lipinski definition) is 3. The highest BCUT2D eigenvalue weighted by Crippen LogP contribution is 2.28. The number of nitrogens with two attached hydrogens (primary N) is 1. The molecule has 2 fully saturated rings. The van der Waals surface area contributed by atoms with Crippen LogP contribution in [-0.2, 0) is 4.79 Å². The van der Waals surface area contributed by atoms with Gasteiger partial charge in [0, 0.05) is 31.0 Å². The number of nitrogens with one attached hydrogen (secondary N) is 2. The van der Waals surface area contributed by atoms with Gasteiger partial charge in [-0.25, -0.2) is 4.39 Å². The average Bonchev–Trinajstić information content (AvgIpc) is 2.94. The topological polar surface area (TPSA) is 67.2 Å². The first kappa shape index (κ1) is 16.4. The van der Waals surface area contributed by atoms with Gasteiger partial charge in [0.05, 0.1) is 0 Å². The van der Waals surface area contributed by atoms with Crippen LogP contribution in [0.3, 0.4) is 0 Å². The minimum absolute atomic E-state index is 0.0549. The third-order valence-corrected chi connectivity index (χ3v) is 5.29. The van der Waals surface area contributed by atoms with Gasteiger partial charge < -0.3 is 16.4 Å². The molecular formula is C18H26FN3O. The van der Waals surface area contributed by atoms with Crippen molar-refractivity contribution in [2.75, 3.05) is 13.1 Å². The molecule has 0 aromatic heterocycles. The zero-order chi connectivity index (χ0) is 16.2. The highest BCUT2D eigenvalue weighted by atomic mass is 19.1. The number of carbonyl (C=O) groups is 1. The van der Waals surface area contributed by atoms with E-state index in [1.54, 1.807) is 0 Å². The molecule has 1 amide bonds. The molecule has 2 aliphatic rings. The highest BCUT2D eigenvalue weighted by molar-refractivity contribution is 5.76. The summed E-state index contributed by atoms with van der Waals surface area (Å²) in [5, 5.41) is 6.52. The first-order valence-corrected chi connectivity index (χ1v) is 8.64. The molecule has 1 aromatic rings. The maximum atomic E-state index is 13.1. The number of benzene rings is 1. The Morgan fingerprint density at radius 1 is 1.26 bits per heavy atom. The van der Waals surface area contributed by atoms with Crippen molar-refractivity contribution in [2.45, 2.75) is 50.1 Å². The fourth-order valence-electron chi connectivity index (χ4n) is 3.94. The van der Waals surface area contributed by atoms with Gasteiger partial charge >= 0.3 is 0 Å². The number of hydrogen-bond donors (Lipinski definition) is 3. The summed E-state index contributed by atoms with van der Waals surface area (Å²) in [6.07, 6.45) is 4.68. The normalized spacial score (nSPS) is 31.0. The molecule has 2 unspecified atom stereocenters. The third kappa shape index (κ3) is 4.09. The van der Waals surface area contributed by atoms with Crippen molar-refractivity contribution < 1.29 is 9.18 Å². The first-order valence-electron chi connectivity index (χ1n) is 8.64. The van der Waals surface area contributed by atoms with Gasteiger partial charge in [-0.15, -0.1) is 0 Å². The Morgan fingerprint density at radius 2 is 2.04 bits per heavy atom. The third-order valence-electron chi connectivity index (χ3n) is 5.29. The Balaban J connectivity index is 1.62. The lowest BCUT2D eigenvalue weighted by atomic mass is 9.85. The number of carbonyl (C=O) groups excluding carboxylic acids is 1. The molecule has 0 spiro atoms. The van der Waals surface area contributed by atoms with Gasteiger partial charge in [0.15, 0.2) is 0 Å². The highest BCUT2D eigenvalue weighted by Gasteiger charge is 2.30. The standard InChI is InChI=1S/C18H26FN3O/c19-14-6-4-12(5-7-14)15-8-9-21-11-17(15)22-18(23)10-13-2-1-3-16(13)20/h4-7,13,15-17,21H,1-3,8-11,20H2,(H,22,23)/t13-,15?,16+,17?/m0/s1. The predicted octanol–water partition coefficient (Wildman–Crippen LogP) is 1.90. The van der Waals surface area contributed by atoms with Crippen LogP contribution in [0.25, 0.3) is 0 Å². The molecule has 1 heterocycles. The van der Waals surface area contributed by atoms with E-state index in [9.17, 15) is 9.18 Å². The van der Waals surface area contributed by atoms with Gasteiger partial charge in [-0.2, -0.15) is 0 Å². The van der Waals surface area contributed by atoms with E-state index in [1.807, 2.05) is 12.1 Å². The Labute approximate surface area is 137 Å². The van der Waals surface area contributed by atoms with Crippen LogP contribution in [-0.4, -0.2) is 31.1 Å². The second-order valence-electron chi connectivity index (χ2n) is 6.88. The zero-order valence-electron chi connectivity index (χ0n) is 13.4. The number of piperidine rings is 1. The average molecular weight is 319 g/mol. The first-order chi connectivity index (χ1) is 11.1. The number of amides is 1. The van der Waals surface area contributed by atoms with Gasteiger partial charge in [0.2, 0.25) is 5.91 Å². The van der Waals surface area contributed by atoms with Crippen LogP contribution in [0.4, 0.5) is 4.39 Å². The molecule has 1 saturated carbocycles. The maximum Gasteiger partial charge on any atom is 0.220 e. The fourth-order valence-corrected chi connectivity index (χ4v) is 3.94. The second-order valence-corrected chi connectivity index (χ2v) is 6.88. The van der Waals surface area contributed by atoms with Gasteiger partial charge in [-0.1, -0.05) is 18.6 Å². The van der Waals surface area contributed by atoms with E-state index >= 15 is 0 Å². The summed E-state index contributed by atoms with van der Waals surface area (Å²) in [5.74, 6) is 0.417. The Kier molecular flexibility index (Phi) is 5.28. The van der Waals surface area contributed by atoms with Crippen LogP contribution < -0.4 is 16.4 Å². The van der Waals surface area contributed by atoms with Crippen LogP contribution >= 0.6 is 0 Å². The molecule has 3 rings (SSSR count). The van der Waals surface area contributed by atoms with Crippen molar-refractivity contribution in [1.29, 1.82) is 0 Å². The minimum atomic E-state index is -0.224. The molecule has 0 bridgehead atoms. The SMILES string of the molecule is N[C@@H]1CCC[C@H]1CC(=O)NC1CNCCC1c1ccc(F)cc1. The lowest BCUT2D eigenvalue weighted by molar-refractivity contribution is -0.123. The van der Waals surface area contributed by atoms with Gasteiger partial charge in [0.1, 0.15) is 5.82 Å². The monoisotopic (exact) mass is 319 g/mol. The van der Waals surface area contributed by atoms with Gasteiger partial charge in [-0.3, -0.25) is 4.79 Å². The van der Waals surface area contributed by atoms with Crippen LogP contribution in [0.5, 0.6) is 0 Å². The molecule has 1 aliphatic heterocycles. The summed E-state index contributed by atoms with van der Waals surface area (Å²) in [5.41, 5.74) is 7.16. The van der Waals surface area contributed by atoms with Crippen LogP contribution in [0.15, 0.2) is 24.3 Å². The largest absolute Gasteiger partial charge is 0.351 e. The number of rotatable bonds is 4. The fraction of sp³-hybridized carbons (Fsp3) is 0.611. The Hall–Kier alpha value is -1.46. The summed E-state index contributed by atoms with van der Waals surface area (Å²) in [7, 11) is 0. The molecule has 1 saturated heterocycles. The Morgan fingerprint density at radius 3 is 2.74 bits per heavy atom. The van der Waals surface area contributed by atoms with E-state index in [-0.39, 0.29) is 29.7 Å². The lowest BCUT2D eigenvalue weighted by Crippen LogP contribution is -2.50. The van der Waals surface area contributed by atoms with Crippen molar-refractivity contribution in [3.8, 4) is 0 Å². The van der Waals surface area contributed by atoms with E-state index in [0.29, 0.717) is 12.3 Å². The van der Waals surface area contributed by atoms with Crippen LogP contribution in [0.2, 0.25) is 0 Å². The quantitative estimate of drug-likeness (QED) is 0.794. The molecular weight excluding hydrogens is 293 g/mol. The van der Waals surface area contributed by atoms with Crippen LogP contribution in [0, 0.1) is 11.7 Å². The van der Waals surface area contributed by atoms with Gasteiger partial charge in [0.25, 0.3) is 0 Å². The Bertz CT molecular complexity index is 534. The van der Waals surface area contributed by atoms with Gasteiger partial charge in [-0.05, 0) is 49.4 Å². The van der Waals surface area contributed by atoms with Crippen molar-refractivity contribution in [1.82, 2.24) is 10.6 Å². The van der Waals surface area contributed by atoms with Crippen LogP contribution in [0.1, 0.15) is 43.6 Å². The molecule has 5 heteroatoms. The van der Waals surface area contributed by atoms with Crippen molar-refractivity contribution in [3.05, 3.63) is 35.6 Å². The second kappa shape index (κ2) is 7.41. The summed E-state index contributed by atoms with van der Waals surface area (Å²) in [6, 6.07) is 6.87. The summed E-state index contributed by atoms with van der Waals surface area (Å²) in [6.45, 7) is 1.67. The molecule has 4 N–H and O–H groups in total. The lowest BCUT2D eigenvalue weighted by Gasteiger charge is -2.33. The minimum Gasteiger partial charge on any atom is -0.351 e. The van der Waals surface area contributed by atoms with E-state index in [2.05, 4.69) is 10.6 Å². The van der Waals surface area contributed by atoms with Crippen molar-refractivity contribution in [2.24, 2.45) is 11.7 Å². The van der Waals surface area contributed by atoms with Crippen molar-refractivity contribution >= 4 is 5.91 Å². The summed E-state index contributed by atoms with van der Waals surface area (Å²) >= 11 is 0. The van der Waals surface area contributed by atoms with E-state index in [4.69, 9.17) is 5.73 Å². The molecule has 0 radical (unpaired) electrons. The van der Waals surface area contributed by atoms with E-state index in [0.717, 1.165) is 44.3 Å². The zero-order valence-corrected chi connectivity index (χ0v) is 13.4. The summed E-state index contributed by atoms with van der Waals surface area (Å²) < 4.78 is 13.1. The molecule has 23 heavy (non-hydrogen) atoms. The maximum absolute atomic E-state index is 13.1. The molecule has 4 atom stereocenters. The van der Waals surface area contributed by atoms with E-state index < -0.39 is 0 Å². The predicted molar refractivity (Wildman–Crippen MR) is 88.5 cm³/mol.